The highest BCUT2D eigenvalue weighted by Gasteiger charge is 2.10. The van der Waals surface area contributed by atoms with E-state index in [1.807, 2.05) is 10.8 Å². The molecule has 0 aromatic carbocycles. The van der Waals surface area contributed by atoms with Crippen molar-refractivity contribution in [1.82, 2.24) is 9.88 Å². The van der Waals surface area contributed by atoms with Gasteiger partial charge in [-0.15, -0.1) is 0 Å². The Morgan fingerprint density at radius 1 is 1.42 bits per heavy atom. The summed E-state index contributed by atoms with van der Waals surface area (Å²) in [7, 11) is 1.61. The maximum atomic E-state index is 11.9. The summed E-state index contributed by atoms with van der Waals surface area (Å²) in [6.07, 6.45) is 2.00. The molecule has 0 fully saturated rings. The first-order valence-electron chi connectivity index (χ1n) is 6.27. The number of nitrogens with zero attached hydrogens (tertiary/aromatic N) is 1. The van der Waals surface area contributed by atoms with E-state index in [0.717, 1.165) is 0 Å². The van der Waals surface area contributed by atoms with Crippen LogP contribution in [-0.2, 0) is 20.8 Å². The molecule has 0 saturated heterocycles. The molecule has 0 radical (unpaired) electrons. The highest BCUT2D eigenvalue weighted by Crippen LogP contribution is 2.02. The average Bonchev–Trinajstić information content (AvgIpc) is 2.84. The molecule has 0 aliphatic heterocycles. The van der Waals surface area contributed by atoms with E-state index in [1.165, 1.54) is 0 Å². The molecule has 0 spiro atoms. The third-order valence-electron chi connectivity index (χ3n) is 2.52. The van der Waals surface area contributed by atoms with Gasteiger partial charge in [-0.2, -0.15) is 0 Å². The van der Waals surface area contributed by atoms with Crippen LogP contribution >= 0.6 is 0 Å². The lowest BCUT2D eigenvalue weighted by Gasteiger charge is -2.09. The van der Waals surface area contributed by atoms with Crippen LogP contribution in [0.4, 0.5) is 0 Å². The van der Waals surface area contributed by atoms with Crippen molar-refractivity contribution in [2.75, 3.05) is 26.9 Å². The van der Waals surface area contributed by atoms with Gasteiger partial charge in [0.15, 0.2) is 0 Å². The van der Waals surface area contributed by atoms with Gasteiger partial charge in [-0.3, -0.25) is 9.59 Å². The zero-order valence-corrected chi connectivity index (χ0v) is 11.3. The molecule has 0 aliphatic carbocycles. The lowest BCUT2D eigenvalue weighted by atomic mass is 10.3. The van der Waals surface area contributed by atoms with Crippen molar-refractivity contribution >= 4 is 11.9 Å². The van der Waals surface area contributed by atoms with Crippen molar-refractivity contribution in [1.29, 1.82) is 0 Å². The van der Waals surface area contributed by atoms with Crippen LogP contribution in [0, 0.1) is 0 Å². The molecular formula is C13H20N2O4. The molecule has 0 bridgehead atoms. The standard InChI is InChI=1S/C13H20N2O4/c1-3-19-12(16)6-7-14-13(17)11-5-4-8-15(11)9-10-18-2/h4-5,8H,3,6-7,9-10H2,1-2H3,(H,14,17). The number of nitrogens with one attached hydrogen (secondary N) is 1. The zero-order chi connectivity index (χ0) is 14.1. The van der Waals surface area contributed by atoms with Gasteiger partial charge in [-0.25, -0.2) is 0 Å². The van der Waals surface area contributed by atoms with Gasteiger partial charge >= 0.3 is 5.97 Å². The van der Waals surface area contributed by atoms with Gasteiger partial charge in [0, 0.05) is 26.4 Å². The summed E-state index contributed by atoms with van der Waals surface area (Å²) in [4.78, 5) is 23.0. The topological polar surface area (TPSA) is 69.6 Å². The van der Waals surface area contributed by atoms with Crippen molar-refractivity contribution in [3.05, 3.63) is 24.0 Å². The molecular weight excluding hydrogens is 248 g/mol. The molecule has 19 heavy (non-hydrogen) atoms. The van der Waals surface area contributed by atoms with E-state index in [2.05, 4.69) is 5.32 Å². The van der Waals surface area contributed by atoms with Crippen LogP contribution in [-0.4, -0.2) is 43.3 Å². The number of ether oxygens (including phenoxy) is 2. The lowest BCUT2D eigenvalue weighted by Crippen LogP contribution is -2.28. The number of amides is 1. The summed E-state index contributed by atoms with van der Waals surface area (Å²) >= 11 is 0. The average molecular weight is 268 g/mol. The van der Waals surface area contributed by atoms with Crippen molar-refractivity contribution in [3.8, 4) is 0 Å². The van der Waals surface area contributed by atoms with Crippen LogP contribution in [0.2, 0.25) is 0 Å². The van der Waals surface area contributed by atoms with Crippen molar-refractivity contribution in [2.24, 2.45) is 0 Å². The lowest BCUT2D eigenvalue weighted by molar-refractivity contribution is -0.142. The summed E-state index contributed by atoms with van der Waals surface area (Å²) in [6.45, 7) is 3.53. The van der Waals surface area contributed by atoms with Gasteiger partial charge in [-0.05, 0) is 19.1 Å². The van der Waals surface area contributed by atoms with Gasteiger partial charge in [-0.1, -0.05) is 0 Å². The van der Waals surface area contributed by atoms with Crippen LogP contribution in [0.15, 0.2) is 18.3 Å². The molecule has 1 aromatic heterocycles. The quantitative estimate of drug-likeness (QED) is 0.709. The van der Waals surface area contributed by atoms with Crippen LogP contribution in [0.5, 0.6) is 0 Å². The molecule has 6 nitrogen and oxygen atoms in total. The summed E-state index contributed by atoms with van der Waals surface area (Å²) in [5, 5.41) is 2.69. The first-order valence-corrected chi connectivity index (χ1v) is 6.27. The number of carbonyl (C=O) groups excluding carboxylic acids is 2. The van der Waals surface area contributed by atoms with Gasteiger partial charge in [0.25, 0.3) is 5.91 Å². The van der Waals surface area contributed by atoms with E-state index in [4.69, 9.17) is 9.47 Å². The van der Waals surface area contributed by atoms with E-state index < -0.39 is 0 Å². The monoisotopic (exact) mass is 268 g/mol. The van der Waals surface area contributed by atoms with Crippen LogP contribution < -0.4 is 5.32 Å². The number of carbonyl (C=O) groups is 2. The summed E-state index contributed by atoms with van der Waals surface area (Å²) in [5.74, 6) is -0.511. The fourth-order valence-electron chi connectivity index (χ4n) is 1.61. The Kier molecular flexibility index (Phi) is 6.67. The molecule has 1 heterocycles. The second-order valence-corrected chi connectivity index (χ2v) is 3.89. The molecule has 6 heteroatoms. The van der Waals surface area contributed by atoms with Crippen LogP contribution in [0.25, 0.3) is 0 Å². The normalized spacial score (nSPS) is 10.2. The zero-order valence-electron chi connectivity index (χ0n) is 11.3. The van der Waals surface area contributed by atoms with E-state index in [0.29, 0.717) is 25.5 Å². The minimum absolute atomic E-state index is 0.179. The summed E-state index contributed by atoms with van der Waals surface area (Å²) in [6, 6.07) is 3.53. The number of hydrogen-bond donors (Lipinski definition) is 1. The first kappa shape index (κ1) is 15.2. The van der Waals surface area contributed by atoms with Gasteiger partial charge < -0.3 is 19.4 Å². The Morgan fingerprint density at radius 2 is 2.21 bits per heavy atom. The highest BCUT2D eigenvalue weighted by atomic mass is 16.5. The van der Waals surface area contributed by atoms with Gasteiger partial charge in [0.05, 0.1) is 19.6 Å². The summed E-state index contributed by atoms with van der Waals surface area (Å²) in [5.41, 5.74) is 0.556. The predicted molar refractivity (Wildman–Crippen MR) is 69.9 cm³/mol. The van der Waals surface area contributed by atoms with Gasteiger partial charge in [0.1, 0.15) is 5.69 Å². The summed E-state index contributed by atoms with van der Waals surface area (Å²) < 4.78 is 11.6. The smallest absolute Gasteiger partial charge is 0.307 e. The van der Waals surface area contributed by atoms with Crippen LogP contribution in [0.1, 0.15) is 23.8 Å². The van der Waals surface area contributed by atoms with Gasteiger partial charge in [0.2, 0.25) is 0 Å². The molecule has 1 amide bonds. The minimum Gasteiger partial charge on any atom is -0.466 e. The van der Waals surface area contributed by atoms with E-state index in [1.54, 1.807) is 26.2 Å². The Labute approximate surface area is 112 Å². The second-order valence-electron chi connectivity index (χ2n) is 3.89. The van der Waals surface area contributed by atoms with Crippen molar-refractivity contribution in [2.45, 2.75) is 19.9 Å². The Balaban J connectivity index is 2.41. The third-order valence-corrected chi connectivity index (χ3v) is 2.52. The maximum Gasteiger partial charge on any atom is 0.307 e. The Hall–Kier alpha value is -1.82. The molecule has 0 saturated carbocycles. The van der Waals surface area contributed by atoms with E-state index in [-0.39, 0.29) is 24.8 Å². The Bertz CT molecular complexity index is 415. The maximum absolute atomic E-state index is 11.9. The number of aromatic nitrogens is 1. The number of hydrogen-bond acceptors (Lipinski definition) is 4. The van der Waals surface area contributed by atoms with Crippen molar-refractivity contribution in [3.63, 3.8) is 0 Å². The van der Waals surface area contributed by atoms with E-state index in [9.17, 15) is 9.59 Å². The molecule has 1 aromatic rings. The van der Waals surface area contributed by atoms with E-state index >= 15 is 0 Å². The molecule has 0 aliphatic rings. The molecule has 1 rings (SSSR count). The van der Waals surface area contributed by atoms with Crippen LogP contribution in [0.3, 0.4) is 0 Å². The highest BCUT2D eigenvalue weighted by molar-refractivity contribution is 5.92. The first-order chi connectivity index (χ1) is 9.19. The number of methoxy groups -OCH3 is 1. The third kappa shape index (κ3) is 5.13. The second kappa shape index (κ2) is 8.31. The number of esters is 1. The largest absolute Gasteiger partial charge is 0.466 e. The fraction of sp³-hybridized carbons (Fsp3) is 0.538. The number of rotatable bonds is 8. The Morgan fingerprint density at radius 3 is 2.89 bits per heavy atom. The minimum atomic E-state index is -0.308. The molecule has 0 atom stereocenters. The fourth-order valence-corrected chi connectivity index (χ4v) is 1.61. The molecule has 106 valence electrons. The molecule has 0 unspecified atom stereocenters. The van der Waals surface area contributed by atoms with Crippen molar-refractivity contribution < 1.29 is 19.1 Å². The predicted octanol–water partition coefficient (Wildman–Crippen LogP) is 0.817. The molecule has 1 N–H and O–H groups in total. The SMILES string of the molecule is CCOC(=O)CCNC(=O)c1cccn1CCOC.